The number of nitrogens with zero attached hydrogens (tertiary/aromatic N) is 1. The first-order valence-electron chi connectivity index (χ1n) is 6.86. The maximum absolute atomic E-state index is 5.71. The second-order valence-corrected chi connectivity index (χ2v) is 4.94. The first-order chi connectivity index (χ1) is 10.3. The molecule has 0 bridgehead atoms. The van der Waals surface area contributed by atoms with E-state index in [-0.39, 0.29) is 12.3 Å². The molecule has 1 aromatic heterocycles. The van der Waals surface area contributed by atoms with Crippen molar-refractivity contribution in [3.63, 3.8) is 0 Å². The quantitative estimate of drug-likeness (QED) is 0.934. The van der Waals surface area contributed by atoms with E-state index in [9.17, 15) is 0 Å². The molecule has 5 heteroatoms. The molecule has 0 atom stereocenters. The Hall–Kier alpha value is -1.95. The van der Waals surface area contributed by atoms with Crippen LogP contribution in [-0.2, 0) is 9.47 Å². The molecule has 2 N–H and O–H groups in total. The summed E-state index contributed by atoms with van der Waals surface area (Å²) in [5.41, 5.74) is 7.68. The van der Waals surface area contributed by atoms with Crippen molar-refractivity contribution in [3.05, 3.63) is 42.1 Å². The van der Waals surface area contributed by atoms with E-state index in [0.29, 0.717) is 13.2 Å². The molecule has 1 saturated heterocycles. The summed E-state index contributed by atoms with van der Waals surface area (Å²) in [7, 11) is 1.65. The van der Waals surface area contributed by atoms with Crippen molar-refractivity contribution in [1.29, 1.82) is 0 Å². The van der Waals surface area contributed by atoms with Gasteiger partial charge in [-0.05, 0) is 35.9 Å². The van der Waals surface area contributed by atoms with Crippen LogP contribution in [0.5, 0.6) is 5.75 Å². The zero-order valence-electron chi connectivity index (χ0n) is 11.9. The van der Waals surface area contributed by atoms with Crippen LogP contribution in [0.15, 0.2) is 36.5 Å². The number of pyridine rings is 1. The minimum atomic E-state index is -0.348. The normalized spacial score (nSPS) is 22.8. The van der Waals surface area contributed by atoms with Crippen molar-refractivity contribution in [2.24, 2.45) is 5.73 Å². The van der Waals surface area contributed by atoms with Gasteiger partial charge in [-0.15, -0.1) is 0 Å². The summed E-state index contributed by atoms with van der Waals surface area (Å²) < 4.78 is 16.3. The Labute approximate surface area is 123 Å². The Morgan fingerprint density at radius 3 is 2.86 bits per heavy atom. The molecule has 3 rings (SSSR count). The molecule has 2 heterocycles. The van der Waals surface area contributed by atoms with Gasteiger partial charge in [-0.1, -0.05) is 6.08 Å². The van der Waals surface area contributed by atoms with Gasteiger partial charge >= 0.3 is 0 Å². The molecule has 1 aliphatic heterocycles. The fraction of sp³-hybridized carbons (Fsp3) is 0.312. The van der Waals surface area contributed by atoms with Crippen LogP contribution >= 0.6 is 0 Å². The van der Waals surface area contributed by atoms with Crippen LogP contribution in [0.25, 0.3) is 17.0 Å². The summed E-state index contributed by atoms with van der Waals surface area (Å²) in [6.45, 7) is 1.03. The second-order valence-electron chi connectivity index (χ2n) is 4.94. The topological polar surface area (TPSA) is 66.6 Å². The average Bonchev–Trinajstić information content (AvgIpc) is 2.54. The van der Waals surface area contributed by atoms with E-state index in [4.69, 9.17) is 19.9 Å². The zero-order chi connectivity index (χ0) is 14.7. The third kappa shape index (κ3) is 3.21. The van der Waals surface area contributed by atoms with Crippen LogP contribution in [0, 0.1) is 0 Å². The number of fused-ring (bicyclic) bond motifs is 1. The minimum absolute atomic E-state index is 0.0410. The van der Waals surface area contributed by atoms with Crippen LogP contribution in [-0.4, -0.2) is 37.6 Å². The summed E-state index contributed by atoms with van der Waals surface area (Å²) in [5.74, 6) is 0.807. The standard InChI is InChI=1S/C16H18N2O3/c1-19-13-3-4-15-14(8-13)11(6-7-18-15)2-5-16-20-9-12(17)10-21-16/h2-8,12,16H,9-10,17H2,1H3. The Morgan fingerprint density at radius 2 is 2.10 bits per heavy atom. The third-order valence-corrected chi connectivity index (χ3v) is 3.36. The number of methoxy groups -OCH3 is 1. The van der Waals surface area contributed by atoms with Crippen molar-refractivity contribution in [1.82, 2.24) is 4.98 Å². The van der Waals surface area contributed by atoms with Crippen molar-refractivity contribution in [2.75, 3.05) is 20.3 Å². The van der Waals surface area contributed by atoms with Crippen LogP contribution in [0.4, 0.5) is 0 Å². The highest BCUT2D eigenvalue weighted by Crippen LogP contribution is 2.23. The van der Waals surface area contributed by atoms with E-state index >= 15 is 0 Å². The summed E-state index contributed by atoms with van der Waals surface area (Å²) in [5, 5.41) is 1.03. The largest absolute Gasteiger partial charge is 0.497 e. The van der Waals surface area contributed by atoms with E-state index in [1.54, 1.807) is 13.3 Å². The highest BCUT2D eigenvalue weighted by Gasteiger charge is 2.16. The number of nitrogens with two attached hydrogens (primary N) is 1. The Kier molecular flexibility index (Phi) is 4.15. The first-order valence-corrected chi connectivity index (χ1v) is 6.86. The fourth-order valence-corrected chi connectivity index (χ4v) is 2.25. The van der Waals surface area contributed by atoms with Crippen LogP contribution < -0.4 is 10.5 Å². The molecule has 2 aromatic rings. The molecule has 1 aliphatic rings. The molecule has 5 nitrogen and oxygen atoms in total. The lowest BCUT2D eigenvalue weighted by molar-refractivity contribution is -0.157. The van der Waals surface area contributed by atoms with Gasteiger partial charge in [0, 0.05) is 11.6 Å². The summed E-state index contributed by atoms with van der Waals surface area (Å²) in [4.78, 5) is 4.35. The van der Waals surface area contributed by atoms with Gasteiger partial charge in [-0.2, -0.15) is 0 Å². The molecule has 0 radical (unpaired) electrons. The molecule has 0 aliphatic carbocycles. The average molecular weight is 286 g/mol. The van der Waals surface area contributed by atoms with Crippen molar-refractivity contribution < 1.29 is 14.2 Å². The van der Waals surface area contributed by atoms with Crippen molar-refractivity contribution in [3.8, 4) is 5.75 Å². The SMILES string of the molecule is COc1ccc2nccc(C=CC3OCC(N)CO3)c2c1. The predicted molar refractivity (Wildman–Crippen MR) is 81.0 cm³/mol. The Balaban J connectivity index is 1.86. The molecule has 0 amide bonds. The molecule has 1 fully saturated rings. The van der Waals surface area contributed by atoms with Gasteiger partial charge in [0.1, 0.15) is 5.75 Å². The monoisotopic (exact) mass is 286 g/mol. The highest BCUT2D eigenvalue weighted by molar-refractivity contribution is 5.88. The number of aromatic nitrogens is 1. The van der Waals surface area contributed by atoms with Gasteiger partial charge in [0.15, 0.2) is 6.29 Å². The van der Waals surface area contributed by atoms with Gasteiger partial charge in [-0.3, -0.25) is 4.98 Å². The van der Waals surface area contributed by atoms with Crippen LogP contribution in [0.3, 0.4) is 0 Å². The number of benzene rings is 1. The molecule has 21 heavy (non-hydrogen) atoms. The summed E-state index contributed by atoms with van der Waals surface area (Å²) >= 11 is 0. The summed E-state index contributed by atoms with van der Waals surface area (Å²) in [6.07, 6.45) is 5.30. The van der Waals surface area contributed by atoms with E-state index in [0.717, 1.165) is 22.2 Å². The zero-order valence-corrected chi connectivity index (χ0v) is 11.9. The van der Waals surface area contributed by atoms with E-state index < -0.39 is 0 Å². The van der Waals surface area contributed by atoms with Gasteiger partial charge in [0.25, 0.3) is 0 Å². The smallest absolute Gasteiger partial charge is 0.177 e. The van der Waals surface area contributed by atoms with Gasteiger partial charge in [-0.25, -0.2) is 0 Å². The van der Waals surface area contributed by atoms with Crippen LogP contribution in [0.1, 0.15) is 5.56 Å². The molecule has 1 aromatic carbocycles. The Morgan fingerprint density at radius 1 is 1.29 bits per heavy atom. The van der Waals surface area contributed by atoms with E-state index in [1.807, 2.05) is 36.4 Å². The van der Waals surface area contributed by atoms with Crippen molar-refractivity contribution >= 4 is 17.0 Å². The molecule has 110 valence electrons. The van der Waals surface area contributed by atoms with Crippen molar-refractivity contribution in [2.45, 2.75) is 12.3 Å². The number of hydrogen-bond donors (Lipinski definition) is 1. The highest BCUT2D eigenvalue weighted by atomic mass is 16.7. The fourth-order valence-electron chi connectivity index (χ4n) is 2.25. The number of rotatable bonds is 3. The lowest BCUT2D eigenvalue weighted by Gasteiger charge is -2.25. The van der Waals surface area contributed by atoms with Gasteiger partial charge in [0.2, 0.25) is 0 Å². The lowest BCUT2D eigenvalue weighted by atomic mass is 10.1. The van der Waals surface area contributed by atoms with Gasteiger partial charge < -0.3 is 19.9 Å². The molecular formula is C16H18N2O3. The summed E-state index contributed by atoms with van der Waals surface area (Å²) in [6, 6.07) is 7.73. The van der Waals surface area contributed by atoms with Crippen LogP contribution in [0.2, 0.25) is 0 Å². The maximum atomic E-state index is 5.71. The minimum Gasteiger partial charge on any atom is -0.497 e. The molecule has 0 saturated carbocycles. The van der Waals surface area contributed by atoms with E-state index in [2.05, 4.69) is 4.98 Å². The number of ether oxygens (including phenoxy) is 3. The predicted octanol–water partition coefficient (Wildman–Crippen LogP) is 1.96. The molecule has 0 spiro atoms. The second kappa shape index (κ2) is 6.22. The third-order valence-electron chi connectivity index (χ3n) is 3.36. The molecular weight excluding hydrogens is 268 g/mol. The van der Waals surface area contributed by atoms with E-state index in [1.165, 1.54) is 0 Å². The number of hydrogen-bond acceptors (Lipinski definition) is 5. The lowest BCUT2D eigenvalue weighted by Crippen LogP contribution is -2.40. The first kappa shape index (κ1) is 14.0. The Bertz CT molecular complexity index is 649. The van der Waals surface area contributed by atoms with Gasteiger partial charge in [0.05, 0.1) is 31.9 Å². The molecule has 0 unspecified atom stereocenters. The maximum Gasteiger partial charge on any atom is 0.177 e.